The summed E-state index contributed by atoms with van der Waals surface area (Å²) in [7, 11) is 0. The minimum Gasteiger partial charge on any atom is -0.458 e. The lowest BCUT2D eigenvalue weighted by Gasteiger charge is -2.07. The molecule has 1 saturated heterocycles. The van der Waals surface area contributed by atoms with Crippen LogP contribution in [0.5, 0.6) is 0 Å². The van der Waals surface area contributed by atoms with Gasteiger partial charge < -0.3 is 9.15 Å². The molecule has 0 radical (unpaired) electrons. The van der Waals surface area contributed by atoms with Gasteiger partial charge >= 0.3 is 5.97 Å². The molecule has 128 valence electrons. The van der Waals surface area contributed by atoms with E-state index >= 15 is 0 Å². The number of benzene rings is 1. The first kappa shape index (κ1) is 17.2. The molecule has 1 aliphatic rings. The Hall–Kier alpha value is -2.62. The third-order valence-electron chi connectivity index (χ3n) is 3.45. The number of hydrazine groups is 1. The molecule has 2 N–H and O–H groups in total. The number of hydrogen-bond acceptors (Lipinski definition) is 5. The van der Waals surface area contributed by atoms with Crippen molar-refractivity contribution in [3.63, 3.8) is 0 Å². The van der Waals surface area contributed by atoms with Gasteiger partial charge in [-0.3, -0.25) is 25.2 Å². The van der Waals surface area contributed by atoms with Gasteiger partial charge in [-0.15, -0.1) is 0 Å². The zero-order chi connectivity index (χ0) is 18.0. The minimum atomic E-state index is -0.531. The lowest BCUT2D eigenvalue weighted by Crippen LogP contribution is -2.28. The number of halogens is 1. The topological polar surface area (TPSA) is 97.6 Å². The fourth-order valence-electron chi connectivity index (χ4n) is 2.36. The van der Waals surface area contributed by atoms with E-state index in [1.54, 1.807) is 24.3 Å². The molecule has 2 amide bonds. The van der Waals surface area contributed by atoms with Crippen LogP contribution in [0.15, 0.2) is 46.4 Å². The highest BCUT2D eigenvalue weighted by Gasteiger charge is 2.31. The average molecular weight is 452 g/mol. The number of ether oxygens (including phenoxy) is 1. The van der Waals surface area contributed by atoms with Gasteiger partial charge in [0.15, 0.2) is 0 Å². The molecule has 0 spiro atoms. The summed E-state index contributed by atoms with van der Waals surface area (Å²) in [5.41, 5.74) is 5.58. The summed E-state index contributed by atoms with van der Waals surface area (Å²) in [5, 5.41) is 0. The molecule has 0 bridgehead atoms. The molecule has 1 fully saturated rings. The van der Waals surface area contributed by atoms with Crippen LogP contribution in [0.1, 0.15) is 24.0 Å². The van der Waals surface area contributed by atoms with Crippen molar-refractivity contribution in [2.24, 2.45) is 0 Å². The summed E-state index contributed by atoms with van der Waals surface area (Å²) < 4.78 is 11.6. The van der Waals surface area contributed by atoms with Crippen LogP contribution in [0.4, 0.5) is 0 Å². The number of amides is 2. The van der Waals surface area contributed by atoms with Gasteiger partial charge in [-0.1, -0.05) is 12.1 Å². The highest BCUT2D eigenvalue weighted by atomic mass is 127. The second-order valence-electron chi connectivity index (χ2n) is 5.21. The number of carbonyl (C=O) groups is 3. The molecule has 0 unspecified atom stereocenters. The fourth-order valence-corrected chi connectivity index (χ4v) is 2.72. The molecular weight excluding hydrogens is 439 g/mol. The maximum atomic E-state index is 12.1. The van der Waals surface area contributed by atoms with Crippen molar-refractivity contribution in [1.29, 1.82) is 0 Å². The number of rotatable bonds is 4. The first-order valence-corrected chi connectivity index (χ1v) is 8.37. The largest absolute Gasteiger partial charge is 0.458 e. The van der Waals surface area contributed by atoms with Gasteiger partial charge in [0.05, 0.1) is 0 Å². The monoisotopic (exact) mass is 452 g/mol. The number of nitrogens with one attached hydrogen (secondary N) is 2. The Labute approximate surface area is 156 Å². The van der Waals surface area contributed by atoms with Crippen molar-refractivity contribution in [2.75, 3.05) is 0 Å². The van der Waals surface area contributed by atoms with Crippen LogP contribution in [-0.2, 0) is 25.7 Å². The number of hydrogen-bond donors (Lipinski definition) is 2. The Kier molecular flexibility index (Phi) is 4.88. The van der Waals surface area contributed by atoms with E-state index in [0.717, 1.165) is 3.57 Å². The molecule has 0 aliphatic carbocycles. The molecule has 3 rings (SSSR count). The summed E-state index contributed by atoms with van der Waals surface area (Å²) in [6, 6.07) is 10.6. The van der Waals surface area contributed by atoms with E-state index in [-0.39, 0.29) is 12.2 Å². The van der Waals surface area contributed by atoms with Crippen molar-refractivity contribution in [2.45, 2.75) is 13.5 Å². The highest BCUT2D eigenvalue weighted by molar-refractivity contribution is 14.1. The second-order valence-corrected chi connectivity index (χ2v) is 6.46. The Morgan fingerprint density at radius 2 is 1.72 bits per heavy atom. The van der Waals surface area contributed by atoms with Gasteiger partial charge in [-0.05, 0) is 52.4 Å². The molecule has 0 atom stereocenters. The Balaban J connectivity index is 2.08. The molecule has 1 aromatic heterocycles. The SMILES string of the molecule is CC(=O)OCc1ccc(C(=C2C(=O)NNC2=O)c2ccc(I)cc2)o1. The van der Waals surface area contributed by atoms with Crippen molar-refractivity contribution < 1.29 is 23.5 Å². The first-order valence-electron chi connectivity index (χ1n) is 7.29. The average Bonchev–Trinajstić information content (AvgIpc) is 3.17. The number of esters is 1. The second kappa shape index (κ2) is 7.09. The Bertz CT molecular complexity index is 865. The summed E-state index contributed by atoms with van der Waals surface area (Å²) in [5.74, 6) is -0.741. The van der Waals surface area contributed by atoms with E-state index in [1.807, 2.05) is 12.1 Å². The van der Waals surface area contributed by atoms with E-state index < -0.39 is 17.8 Å². The quantitative estimate of drug-likeness (QED) is 0.320. The smallest absolute Gasteiger partial charge is 0.303 e. The minimum absolute atomic E-state index is 0.0248. The maximum Gasteiger partial charge on any atom is 0.303 e. The fraction of sp³-hybridized carbons (Fsp3) is 0.118. The normalized spacial score (nSPS) is 13.4. The van der Waals surface area contributed by atoms with Gasteiger partial charge in [-0.2, -0.15) is 0 Å². The van der Waals surface area contributed by atoms with E-state index in [0.29, 0.717) is 22.7 Å². The van der Waals surface area contributed by atoms with Gasteiger partial charge in [0.1, 0.15) is 23.7 Å². The predicted molar refractivity (Wildman–Crippen MR) is 95.6 cm³/mol. The van der Waals surface area contributed by atoms with Crippen LogP contribution in [0.2, 0.25) is 0 Å². The van der Waals surface area contributed by atoms with Crippen molar-refractivity contribution >= 4 is 45.9 Å². The van der Waals surface area contributed by atoms with Crippen molar-refractivity contribution in [1.82, 2.24) is 10.9 Å². The van der Waals surface area contributed by atoms with Crippen LogP contribution in [-0.4, -0.2) is 17.8 Å². The van der Waals surface area contributed by atoms with Crippen LogP contribution in [0.3, 0.4) is 0 Å². The van der Waals surface area contributed by atoms with Crippen molar-refractivity contribution in [3.8, 4) is 0 Å². The van der Waals surface area contributed by atoms with E-state index in [1.165, 1.54) is 6.92 Å². The lowest BCUT2D eigenvalue weighted by atomic mass is 9.97. The van der Waals surface area contributed by atoms with E-state index in [2.05, 4.69) is 33.4 Å². The summed E-state index contributed by atoms with van der Waals surface area (Å²) in [6.07, 6.45) is 0. The third-order valence-corrected chi connectivity index (χ3v) is 4.17. The standard InChI is InChI=1S/C17H13IN2O5/c1-9(21)24-8-12-6-7-13(25-12)14(10-2-4-11(18)5-3-10)15-16(22)19-20-17(15)23/h2-7H,8H2,1H3,(H,19,22)(H,20,23). The zero-order valence-electron chi connectivity index (χ0n) is 13.1. The highest BCUT2D eigenvalue weighted by Crippen LogP contribution is 2.30. The van der Waals surface area contributed by atoms with Crippen LogP contribution in [0, 0.1) is 3.57 Å². The molecule has 25 heavy (non-hydrogen) atoms. The zero-order valence-corrected chi connectivity index (χ0v) is 15.2. The Morgan fingerprint density at radius 3 is 2.32 bits per heavy atom. The van der Waals surface area contributed by atoms with Gasteiger partial charge in [-0.25, -0.2) is 0 Å². The molecule has 7 nitrogen and oxygen atoms in total. The van der Waals surface area contributed by atoms with E-state index in [4.69, 9.17) is 9.15 Å². The summed E-state index contributed by atoms with van der Waals surface area (Å²) >= 11 is 2.17. The number of carbonyl (C=O) groups excluding carboxylic acids is 3. The third kappa shape index (κ3) is 3.73. The van der Waals surface area contributed by atoms with Gasteiger partial charge in [0.25, 0.3) is 11.8 Å². The van der Waals surface area contributed by atoms with E-state index in [9.17, 15) is 14.4 Å². The van der Waals surface area contributed by atoms with Crippen LogP contribution < -0.4 is 10.9 Å². The van der Waals surface area contributed by atoms with Crippen LogP contribution >= 0.6 is 22.6 Å². The number of furan rings is 1. The summed E-state index contributed by atoms with van der Waals surface area (Å²) in [6.45, 7) is 1.28. The molecule has 0 saturated carbocycles. The Morgan fingerprint density at radius 1 is 1.08 bits per heavy atom. The lowest BCUT2D eigenvalue weighted by molar-refractivity contribution is -0.142. The van der Waals surface area contributed by atoms with Gasteiger partial charge in [0.2, 0.25) is 0 Å². The van der Waals surface area contributed by atoms with Crippen LogP contribution in [0.25, 0.3) is 5.57 Å². The van der Waals surface area contributed by atoms with Gasteiger partial charge in [0, 0.05) is 16.1 Å². The maximum absolute atomic E-state index is 12.1. The molecule has 1 aromatic carbocycles. The first-order chi connectivity index (χ1) is 12.0. The predicted octanol–water partition coefficient (Wildman–Crippen LogP) is 1.91. The molecule has 2 aromatic rings. The van der Waals surface area contributed by atoms with Crippen molar-refractivity contribution in [3.05, 3.63) is 62.6 Å². The molecule has 2 heterocycles. The molecule has 8 heteroatoms. The molecule has 1 aliphatic heterocycles. The summed E-state index contributed by atoms with van der Waals surface area (Å²) in [4.78, 5) is 35.1. The molecular formula is C17H13IN2O5.